The highest BCUT2D eigenvalue weighted by molar-refractivity contribution is 5.70. The summed E-state index contributed by atoms with van der Waals surface area (Å²) in [5.74, 6) is -0.607. The minimum atomic E-state index is -0.784. The van der Waals surface area contributed by atoms with Crippen molar-refractivity contribution in [2.24, 2.45) is 0 Å². The molecular weight excluding hydrogens is 837 g/mol. The third-order valence-electron chi connectivity index (χ3n) is 11.5. The molecule has 0 fully saturated rings. The van der Waals surface area contributed by atoms with E-state index in [0.29, 0.717) is 12.8 Å². The Morgan fingerprint density at radius 1 is 0.353 bits per heavy atom. The topological polar surface area (TPSA) is 72.8 Å². The number of esters is 2. The Balaban J connectivity index is 3.63. The van der Waals surface area contributed by atoms with E-state index in [1.54, 1.807) is 0 Å². The molecule has 0 heterocycles. The van der Waals surface area contributed by atoms with E-state index in [0.717, 1.165) is 116 Å². The first kappa shape index (κ1) is 64.0. The molecule has 0 saturated heterocycles. The summed E-state index contributed by atoms with van der Waals surface area (Å²) in [6.07, 6.45) is 85.6. The van der Waals surface area contributed by atoms with Gasteiger partial charge in [-0.1, -0.05) is 257 Å². The van der Waals surface area contributed by atoms with Gasteiger partial charge in [-0.3, -0.25) is 9.59 Å². The Labute approximate surface area is 419 Å². The van der Waals surface area contributed by atoms with Crippen LogP contribution in [-0.4, -0.2) is 36.4 Å². The normalized spacial score (nSPS) is 13.3. The molecule has 384 valence electrons. The molecule has 1 atom stereocenters. The summed E-state index contributed by atoms with van der Waals surface area (Å²) in [4.78, 5) is 24.4. The van der Waals surface area contributed by atoms with Crippen molar-refractivity contribution in [3.63, 3.8) is 0 Å². The summed E-state index contributed by atoms with van der Waals surface area (Å²) in [5, 5.41) is 9.61. The molecule has 0 aliphatic carbocycles. The third-order valence-corrected chi connectivity index (χ3v) is 11.5. The molecule has 5 heteroatoms. The number of hydrogen-bond acceptors (Lipinski definition) is 5. The van der Waals surface area contributed by atoms with E-state index in [2.05, 4.69) is 148 Å². The van der Waals surface area contributed by atoms with Gasteiger partial charge in [0, 0.05) is 12.8 Å². The molecular formula is C63H102O5. The largest absolute Gasteiger partial charge is 0.462 e. The fraction of sp³-hybridized carbons (Fsp3) is 0.619. The van der Waals surface area contributed by atoms with Crippen LogP contribution in [0.3, 0.4) is 0 Å². The highest BCUT2D eigenvalue weighted by Gasteiger charge is 2.16. The second kappa shape index (κ2) is 57.4. The van der Waals surface area contributed by atoms with Crippen LogP contribution in [0.4, 0.5) is 0 Å². The number of hydrogen-bond donors (Lipinski definition) is 1. The van der Waals surface area contributed by atoms with E-state index in [1.165, 1.54) is 89.9 Å². The van der Waals surface area contributed by atoms with E-state index in [1.807, 2.05) is 0 Å². The Morgan fingerprint density at radius 3 is 0.956 bits per heavy atom. The summed E-state index contributed by atoms with van der Waals surface area (Å²) in [6, 6.07) is 0. The summed E-state index contributed by atoms with van der Waals surface area (Å²) < 4.78 is 10.7. The van der Waals surface area contributed by atoms with Gasteiger partial charge < -0.3 is 14.6 Å². The number of aliphatic hydroxyl groups excluding tert-OH is 1. The number of unbranched alkanes of at least 4 members (excludes halogenated alkanes) is 19. The maximum absolute atomic E-state index is 12.3. The first-order valence-electron chi connectivity index (χ1n) is 27.7. The van der Waals surface area contributed by atoms with Crippen LogP contribution in [0, 0.1) is 0 Å². The Hall–Kier alpha value is -3.96. The molecule has 5 nitrogen and oxygen atoms in total. The zero-order valence-electron chi connectivity index (χ0n) is 43.8. The van der Waals surface area contributed by atoms with Crippen LogP contribution < -0.4 is 0 Å². The molecule has 0 spiro atoms. The summed E-state index contributed by atoms with van der Waals surface area (Å²) in [7, 11) is 0. The second-order valence-electron chi connectivity index (χ2n) is 17.9. The minimum absolute atomic E-state index is 0.0746. The van der Waals surface area contributed by atoms with Crippen molar-refractivity contribution >= 4 is 11.9 Å². The van der Waals surface area contributed by atoms with E-state index in [9.17, 15) is 14.7 Å². The SMILES string of the molecule is CC/C=C\C/C=C\C/C=C\C/C=C\C/C=C\C/C=C\C/C=C\C/C=C\C/C=C\C/C=C\C/C=C\CCCCCCCCCC(=O)OC(CO)COC(=O)CCCCCCCCCCCCCCC. The molecule has 68 heavy (non-hydrogen) atoms. The zero-order chi connectivity index (χ0) is 49.2. The average Bonchev–Trinajstić information content (AvgIpc) is 3.34. The summed E-state index contributed by atoms with van der Waals surface area (Å²) in [6.45, 7) is 4.01. The van der Waals surface area contributed by atoms with Gasteiger partial charge in [0.15, 0.2) is 6.10 Å². The molecule has 0 aromatic rings. The van der Waals surface area contributed by atoms with Crippen molar-refractivity contribution in [2.75, 3.05) is 13.2 Å². The van der Waals surface area contributed by atoms with Crippen molar-refractivity contribution in [3.8, 4) is 0 Å². The first-order valence-corrected chi connectivity index (χ1v) is 27.7. The van der Waals surface area contributed by atoms with Crippen LogP contribution in [0.5, 0.6) is 0 Å². The lowest BCUT2D eigenvalue weighted by molar-refractivity contribution is -0.161. The van der Waals surface area contributed by atoms with Crippen LogP contribution in [0.25, 0.3) is 0 Å². The molecule has 0 aliphatic heterocycles. The van der Waals surface area contributed by atoms with Gasteiger partial charge >= 0.3 is 11.9 Å². The lowest BCUT2D eigenvalue weighted by Gasteiger charge is -2.15. The molecule has 1 unspecified atom stereocenters. The van der Waals surface area contributed by atoms with Crippen molar-refractivity contribution < 1.29 is 24.2 Å². The van der Waals surface area contributed by atoms with Gasteiger partial charge in [0.05, 0.1) is 6.61 Å². The molecule has 0 rings (SSSR count). The van der Waals surface area contributed by atoms with Gasteiger partial charge in [-0.25, -0.2) is 0 Å². The Morgan fingerprint density at radius 2 is 0.632 bits per heavy atom. The third kappa shape index (κ3) is 54.6. The van der Waals surface area contributed by atoms with Crippen LogP contribution in [-0.2, 0) is 19.1 Å². The first-order chi connectivity index (χ1) is 33.6. The van der Waals surface area contributed by atoms with E-state index < -0.39 is 6.10 Å². The van der Waals surface area contributed by atoms with E-state index in [-0.39, 0.29) is 25.2 Å². The molecule has 0 aromatic carbocycles. The highest BCUT2D eigenvalue weighted by Crippen LogP contribution is 2.14. The highest BCUT2D eigenvalue weighted by atomic mass is 16.6. The van der Waals surface area contributed by atoms with Crippen LogP contribution in [0.1, 0.15) is 232 Å². The number of carbonyl (C=O) groups is 2. The smallest absolute Gasteiger partial charge is 0.306 e. The van der Waals surface area contributed by atoms with Crippen LogP contribution in [0.15, 0.2) is 134 Å². The van der Waals surface area contributed by atoms with Crippen molar-refractivity contribution in [1.29, 1.82) is 0 Å². The quantitative estimate of drug-likeness (QED) is 0.0374. The number of rotatable bonds is 49. The van der Waals surface area contributed by atoms with Crippen LogP contribution in [0.2, 0.25) is 0 Å². The van der Waals surface area contributed by atoms with Gasteiger partial charge in [-0.05, 0) is 96.3 Å². The molecule has 0 aliphatic rings. The van der Waals surface area contributed by atoms with Crippen LogP contribution >= 0.6 is 0 Å². The van der Waals surface area contributed by atoms with Gasteiger partial charge in [-0.15, -0.1) is 0 Å². The Kier molecular flexibility index (Phi) is 54.0. The van der Waals surface area contributed by atoms with E-state index in [4.69, 9.17) is 9.47 Å². The maximum Gasteiger partial charge on any atom is 0.306 e. The van der Waals surface area contributed by atoms with Gasteiger partial charge in [0.2, 0.25) is 0 Å². The molecule has 0 amide bonds. The predicted molar refractivity (Wildman–Crippen MR) is 297 cm³/mol. The molecule has 0 bridgehead atoms. The van der Waals surface area contributed by atoms with Crippen molar-refractivity contribution in [2.45, 2.75) is 238 Å². The molecule has 0 saturated carbocycles. The lowest BCUT2D eigenvalue weighted by Crippen LogP contribution is -2.28. The number of carbonyl (C=O) groups excluding carboxylic acids is 2. The minimum Gasteiger partial charge on any atom is -0.462 e. The van der Waals surface area contributed by atoms with Gasteiger partial charge in [0.25, 0.3) is 0 Å². The van der Waals surface area contributed by atoms with Gasteiger partial charge in [0.1, 0.15) is 6.61 Å². The monoisotopic (exact) mass is 939 g/mol. The standard InChI is InChI=1S/C63H102O5/c1-3-5-7-9-11-13-15-17-18-19-20-21-22-23-24-25-26-27-28-29-30-31-32-33-34-35-36-37-38-39-40-41-42-43-44-46-48-50-52-54-56-58-63(66)68-61(59-64)60-67-62(65)57-55-53-51-49-47-45-16-14-12-10-8-6-4-2/h5,7,11,13,17-18,20-21,23-24,26-27,29-30,32-33,35-36,38-39,41-42,61,64H,3-4,6,8-10,12,14-16,19,22,25,28,31,34,37,40,43-60H2,1-2H3/b7-5-,13-11-,18-17-,21-20-,24-23-,27-26-,30-29-,33-32-,36-35-,39-38-,42-41-. The average molecular weight is 940 g/mol. The second-order valence-corrected chi connectivity index (χ2v) is 17.9. The molecule has 0 radical (unpaired) electrons. The van der Waals surface area contributed by atoms with E-state index >= 15 is 0 Å². The summed E-state index contributed by atoms with van der Waals surface area (Å²) in [5.41, 5.74) is 0. The molecule has 0 aromatic heterocycles. The zero-order valence-corrected chi connectivity index (χ0v) is 43.8. The fourth-order valence-electron chi connectivity index (χ4n) is 7.32. The lowest BCUT2D eigenvalue weighted by atomic mass is 10.0. The van der Waals surface area contributed by atoms with Crippen molar-refractivity contribution in [1.82, 2.24) is 0 Å². The predicted octanol–water partition coefficient (Wildman–Crippen LogP) is 18.9. The number of aliphatic hydroxyl groups is 1. The maximum atomic E-state index is 12.3. The van der Waals surface area contributed by atoms with Gasteiger partial charge in [-0.2, -0.15) is 0 Å². The number of ether oxygens (including phenoxy) is 2. The summed E-state index contributed by atoms with van der Waals surface area (Å²) >= 11 is 0. The Bertz CT molecular complexity index is 1430. The van der Waals surface area contributed by atoms with Crippen molar-refractivity contribution in [3.05, 3.63) is 134 Å². The number of allylic oxidation sites excluding steroid dienone is 22. The fourth-order valence-corrected chi connectivity index (χ4v) is 7.32. The molecule has 1 N–H and O–H groups in total.